The van der Waals surface area contributed by atoms with E-state index in [-0.39, 0.29) is 12.5 Å². The number of nitrogens with one attached hydrogen (secondary N) is 2. The molecule has 0 radical (unpaired) electrons. The summed E-state index contributed by atoms with van der Waals surface area (Å²) in [6, 6.07) is 21.0. The van der Waals surface area contributed by atoms with E-state index in [1.54, 1.807) is 24.3 Å². The van der Waals surface area contributed by atoms with Crippen molar-refractivity contribution >= 4 is 34.2 Å². The lowest BCUT2D eigenvalue weighted by atomic mass is 10.1. The Morgan fingerprint density at radius 3 is 2.57 bits per heavy atom. The molecule has 2 N–H and O–H groups in total. The van der Waals surface area contributed by atoms with Gasteiger partial charge in [-0.05, 0) is 73.0 Å². The molecule has 0 aliphatic heterocycles. The molecule has 0 aliphatic rings. The van der Waals surface area contributed by atoms with Gasteiger partial charge in [0.25, 0.3) is 5.91 Å². The van der Waals surface area contributed by atoms with E-state index in [4.69, 9.17) is 16.3 Å². The SMILES string of the molecule is Cc1ccc2nc(CCc3ccc(NC(=O)COc4ccc(Cl)cc4)cc3)[nH]c2c1. The van der Waals surface area contributed by atoms with Gasteiger partial charge in [-0.15, -0.1) is 0 Å². The molecule has 4 rings (SSSR count). The minimum Gasteiger partial charge on any atom is -0.484 e. The Hall–Kier alpha value is -3.31. The zero-order valence-electron chi connectivity index (χ0n) is 16.6. The summed E-state index contributed by atoms with van der Waals surface area (Å²) in [5.41, 5.74) is 5.21. The zero-order valence-corrected chi connectivity index (χ0v) is 17.4. The fourth-order valence-electron chi connectivity index (χ4n) is 3.19. The smallest absolute Gasteiger partial charge is 0.262 e. The lowest BCUT2D eigenvalue weighted by Gasteiger charge is -2.08. The van der Waals surface area contributed by atoms with Gasteiger partial charge in [-0.3, -0.25) is 4.79 Å². The lowest BCUT2D eigenvalue weighted by molar-refractivity contribution is -0.118. The van der Waals surface area contributed by atoms with E-state index in [1.165, 1.54) is 11.1 Å². The number of aromatic nitrogens is 2. The third-order valence-electron chi connectivity index (χ3n) is 4.76. The van der Waals surface area contributed by atoms with Gasteiger partial charge in [-0.1, -0.05) is 29.8 Å². The maximum absolute atomic E-state index is 12.1. The first kappa shape index (κ1) is 20.0. The minimum absolute atomic E-state index is 0.0606. The van der Waals surface area contributed by atoms with Crippen LogP contribution in [0.3, 0.4) is 0 Å². The van der Waals surface area contributed by atoms with E-state index in [0.29, 0.717) is 10.8 Å². The van der Waals surface area contributed by atoms with Crippen LogP contribution in [0.2, 0.25) is 5.02 Å². The highest BCUT2D eigenvalue weighted by atomic mass is 35.5. The second-order valence-electron chi connectivity index (χ2n) is 7.19. The molecule has 0 unspecified atom stereocenters. The van der Waals surface area contributed by atoms with E-state index < -0.39 is 0 Å². The van der Waals surface area contributed by atoms with Crippen LogP contribution in [0.5, 0.6) is 5.75 Å². The molecule has 0 fully saturated rings. The minimum atomic E-state index is -0.213. The van der Waals surface area contributed by atoms with Crippen molar-refractivity contribution in [2.45, 2.75) is 19.8 Å². The molecule has 1 heterocycles. The molecule has 4 aromatic rings. The largest absolute Gasteiger partial charge is 0.484 e. The molecule has 0 aliphatic carbocycles. The molecular formula is C24H22ClN3O2. The normalized spacial score (nSPS) is 10.9. The number of aromatic amines is 1. The van der Waals surface area contributed by atoms with Crippen LogP contribution >= 0.6 is 11.6 Å². The van der Waals surface area contributed by atoms with Gasteiger partial charge in [0.15, 0.2) is 6.61 Å². The summed E-state index contributed by atoms with van der Waals surface area (Å²) in [6.45, 7) is 2.01. The number of hydrogen-bond donors (Lipinski definition) is 2. The zero-order chi connectivity index (χ0) is 20.9. The summed E-state index contributed by atoms with van der Waals surface area (Å²) < 4.78 is 5.46. The Morgan fingerprint density at radius 2 is 1.80 bits per heavy atom. The number of carbonyl (C=O) groups is 1. The van der Waals surface area contributed by atoms with Crippen LogP contribution in [0.25, 0.3) is 11.0 Å². The molecule has 1 aromatic heterocycles. The number of carbonyl (C=O) groups excluding carboxylic acids is 1. The van der Waals surface area contributed by atoms with Crippen molar-refractivity contribution < 1.29 is 9.53 Å². The molecule has 0 spiro atoms. The van der Waals surface area contributed by atoms with Crippen LogP contribution in [0.15, 0.2) is 66.7 Å². The summed E-state index contributed by atoms with van der Waals surface area (Å²) in [5.74, 6) is 1.37. The number of amides is 1. The lowest BCUT2D eigenvalue weighted by Crippen LogP contribution is -2.20. The fraction of sp³-hybridized carbons (Fsp3) is 0.167. The van der Waals surface area contributed by atoms with Crippen molar-refractivity contribution in [2.75, 3.05) is 11.9 Å². The fourth-order valence-corrected chi connectivity index (χ4v) is 3.31. The van der Waals surface area contributed by atoms with Crippen molar-refractivity contribution in [3.8, 4) is 5.75 Å². The summed E-state index contributed by atoms with van der Waals surface area (Å²) in [6.07, 6.45) is 1.70. The molecule has 1 amide bonds. The Bertz CT molecular complexity index is 1150. The average Bonchev–Trinajstić information content (AvgIpc) is 3.15. The molecule has 0 saturated carbocycles. The van der Waals surface area contributed by atoms with Gasteiger partial charge in [0, 0.05) is 17.1 Å². The molecule has 3 aromatic carbocycles. The van der Waals surface area contributed by atoms with Crippen molar-refractivity contribution in [1.29, 1.82) is 0 Å². The van der Waals surface area contributed by atoms with Crippen molar-refractivity contribution in [2.24, 2.45) is 0 Å². The van der Waals surface area contributed by atoms with E-state index >= 15 is 0 Å². The van der Waals surface area contributed by atoms with E-state index in [2.05, 4.69) is 34.3 Å². The van der Waals surface area contributed by atoms with E-state index in [9.17, 15) is 4.79 Å². The summed E-state index contributed by atoms with van der Waals surface area (Å²) in [7, 11) is 0. The second kappa shape index (κ2) is 9.01. The van der Waals surface area contributed by atoms with Crippen molar-refractivity contribution in [3.63, 3.8) is 0 Å². The number of imidazole rings is 1. The quantitative estimate of drug-likeness (QED) is 0.425. The molecular weight excluding hydrogens is 398 g/mol. The number of hydrogen-bond acceptors (Lipinski definition) is 3. The Kier molecular flexibility index (Phi) is 6.00. The maximum atomic E-state index is 12.1. The average molecular weight is 420 g/mol. The topological polar surface area (TPSA) is 67.0 Å². The number of nitrogens with zero attached hydrogens (tertiary/aromatic N) is 1. The molecule has 152 valence electrons. The van der Waals surface area contributed by atoms with Crippen molar-refractivity contribution in [1.82, 2.24) is 9.97 Å². The number of H-pyrrole nitrogens is 1. The Balaban J connectivity index is 1.27. The van der Waals surface area contributed by atoms with Crippen LogP contribution in [-0.2, 0) is 17.6 Å². The highest BCUT2D eigenvalue weighted by molar-refractivity contribution is 6.30. The van der Waals surface area contributed by atoms with Gasteiger partial charge in [-0.25, -0.2) is 4.98 Å². The number of halogens is 1. The summed E-state index contributed by atoms with van der Waals surface area (Å²) in [5, 5.41) is 3.47. The van der Waals surface area contributed by atoms with Crippen LogP contribution in [0.4, 0.5) is 5.69 Å². The standard InChI is InChI=1S/C24H22ClN3O2/c1-16-2-12-21-22(14-16)28-23(27-21)13-5-17-3-8-19(9-4-17)26-24(29)15-30-20-10-6-18(25)7-11-20/h2-4,6-12,14H,5,13,15H2,1H3,(H,26,29)(H,27,28). The first-order valence-electron chi connectivity index (χ1n) is 9.77. The van der Waals surface area contributed by atoms with Crippen LogP contribution in [0, 0.1) is 6.92 Å². The van der Waals surface area contributed by atoms with Gasteiger partial charge >= 0.3 is 0 Å². The molecule has 30 heavy (non-hydrogen) atoms. The molecule has 0 bridgehead atoms. The predicted octanol–water partition coefficient (Wildman–Crippen LogP) is 5.33. The summed E-state index contributed by atoms with van der Waals surface area (Å²) >= 11 is 5.84. The second-order valence-corrected chi connectivity index (χ2v) is 7.63. The van der Waals surface area contributed by atoms with Crippen LogP contribution in [0.1, 0.15) is 17.0 Å². The molecule has 6 heteroatoms. The first-order chi connectivity index (χ1) is 14.5. The third kappa shape index (κ3) is 5.19. The third-order valence-corrected chi connectivity index (χ3v) is 5.01. The van der Waals surface area contributed by atoms with E-state index in [0.717, 1.165) is 35.4 Å². The van der Waals surface area contributed by atoms with Crippen LogP contribution < -0.4 is 10.1 Å². The first-order valence-corrected chi connectivity index (χ1v) is 10.2. The van der Waals surface area contributed by atoms with Gasteiger partial charge in [-0.2, -0.15) is 0 Å². The highest BCUT2D eigenvalue weighted by Crippen LogP contribution is 2.17. The van der Waals surface area contributed by atoms with Gasteiger partial charge in [0.1, 0.15) is 11.6 Å². The highest BCUT2D eigenvalue weighted by Gasteiger charge is 2.06. The predicted molar refractivity (Wildman–Crippen MR) is 120 cm³/mol. The van der Waals surface area contributed by atoms with Crippen LogP contribution in [-0.4, -0.2) is 22.5 Å². The Labute approximate surface area is 180 Å². The Morgan fingerprint density at radius 1 is 1.03 bits per heavy atom. The van der Waals surface area contributed by atoms with E-state index in [1.807, 2.05) is 30.3 Å². The number of fused-ring (bicyclic) bond motifs is 1. The monoisotopic (exact) mass is 419 g/mol. The van der Waals surface area contributed by atoms with Crippen molar-refractivity contribution in [3.05, 3.63) is 88.7 Å². The number of rotatable bonds is 7. The maximum Gasteiger partial charge on any atom is 0.262 e. The number of anilines is 1. The molecule has 5 nitrogen and oxygen atoms in total. The summed E-state index contributed by atoms with van der Waals surface area (Å²) in [4.78, 5) is 20.1. The van der Waals surface area contributed by atoms with Gasteiger partial charge < -0.3 is 15.0 Å². The molecule has 0 atom stereocenters. The van der Waals surface area contributed by atoms with Gasteiger partial charge in [0.05, 0.1) is 11.0 Å². The molecule has 0 saturated heterocycles. The van der Waals surface area contributed by atoms with Gasteiger partial charge in [0.2, 0.25) is 0 Å². The number of benzene rings is 3. The number of ether oxygens (including phenoxy) is 1. The number of aryl methyl sites for hydroxylation is 3.